The van der Waals surface area contributed by atoms with Crippen molar-refractivity contribution in [1.82, 2.24) is 5.32 Å². The molecule has 0 aliphatic heterocycles. The van der Waals surface area contributed by atoms with Crippen molar-refractivity contribution in [3.63, 3.8) is 0 Å². The lowest BCUT2D eigenvalue weighted by Gasteiger charge is -2.18. The van der Waals surface area contributed by atoms with Crippen molar-refractivity contribution < 1.29 is 9.47 Å². The molecule has 0 radical (unpaired) electrons. The lowest BCUT2D eigenvalue weighted by atomic mass is 10.1. The van der Waals surface area contributed by atoms with Gasteiger partial charge < -0.3 is 14.8 Å². The second kappa shape index (κ2) is 7.70. The Morgan fingerprint density at radius 1 is 1.10 bits per heavy atom. The van der Waals surface area contributed by atoms with Gasteiger partial charge in [-0.3, -0.25) is 0 Å². The highest BCUT2D eigenvalue weighted by Crippen LogP contribution is 2.30. The van der Waals surface area contributed by atoms with Gasteiger partial charge in [-0.05, 0) is 25.1 Å². The molecule has 3 nitrogen and oxygen atoms in total. The molecule has 0 bridgehead atoms. The van der Waals surface area contributed by atoms with Gasteiger partial charge in [-0.15, -0.1) is 0 Å². The predicted octanol–water partition coefficient (Wildman–Crippen LogP) is 3.94. The minimum absolute atomic E-state index is 0.242. The van der Waals surface area contributed by atoms with E-state index in [1.54, 1.807) is 7.11 Å². The van der Waals surface area contributed by atoms with Crippen molar-refractivity contribution in [2.75, 3.05) is 13.7 Å². The van der Waals surface area contributed by atoms with Crippen LogP contribution in [0.5, 0.6) is 11.5 Å². The maximum absolute atomic E-state index is 6.01. The molecule has 2 rings (SSSR count). The SMILES string of the molecule is CCNC(C)c1ccc(OC)cc1OCc1ccccc1. The van der Waals surface area contributed by atoms with Gasteiger partial charge in [-0.25, -0.2) is 0 Å². The molecule has 0 aromatic heterocycles. The zero-order valence-corrected chi connectivity index (χ0v) is 12.9. The van der Waals surface area contributed by atoms with Crippen molar-refractivity contribution in [3.05, 3.63) is 59.7 Å². The molecular formula is C18H23NO2. The molecule has 0 saturated heterocycles. The third kappa shape index (κ3) is 4.23. The zero-order chi connectivity index (χ0) is 15.1. The predicted molar refractivity (Wildman–Crippen MR) is 85.9 cm³/mol. The lowest BCUT2D eigenvalue weighted by Crippen LogP contribution is -2.18. The van der Waals surface area contributed by atoms with Crippen LogP contribution in [0.2, 0.25) is 0 Å². The van der Waals surface area contributed by atoms with Crippen LogP contribution in [-0.4, -0.2) is 13.7 Å². The minimum Gasteiger partial charge on any atom is -0.497 e. The van der Waals surface area contributed by atoms with Gasteiger partial charge in [0.25, 0.3) is 0 Å². The number of nitrogens with one attached hydrogen (secondary N) is 1. The molecule has 1 atom stereocenters. The van der Waals surface area contributed by atoms with E-state index in [1.807, 2.05) is 30.3 Å². The Balaban J connectivity index is 2.18. The molecule has 0 amide bonds. The van der Waals surface area contributed by atoms with Crippen LogP contribution < -0.4 is 14.8 Å². The molecule has 3 heteroatoms. The fraction of sp³-hybridized carbons (Fsp3) is 0.333. The molecule has 2 aromatic carbocycles. The highest BCUT2D eigenvalue weighted by molar-refractivity contribution is 5.42. The fourth-order valence-electron chi connectivity index (χ4n) is 2.28. The van der Waals surface area contributed by atoms with Crippen LogP contribution in [0.1, 0.15) is 31.0 Å². The quantitative estimate of drug-likeness (QED) is 0.835. The molecule has 0 saturated carbocycles. The van der Waals surface area contributed by atoms with Gasteiger partial charge in [0, 0.05) is 17.7 Å². The summed E-state index contributed by atoms with van der Waals surface area (Å²) in [6.07, 6.45) is 0. The standard InChI is InChI=1S/C18H23NO2/c1-4-19-14(2)17-11-10-16(20-3)12-18(17)21-13-15-8-6-5-7-9-15/h5-12,14,19H,4,13H2,1-3H3. The first-order chi connectivity index (χ1) is 10.2. The molecule has 0 heterocycles. The molecule has 0 aliphatic rings. The molecule has 0 aliphatic carbocycles. The highest BCUT2D eigenvalue weighted by Gasteiger charge is 2.12. The smallest absolute Gasteiger partial charge is 0.128 e. The second-order valence-corrected chi connectivity index (χ2v) is 4.96. The molecule has 2 aromatic rings. The van der Waals surface area contributed by atoms with Crippen molar-refractivity contribution in [2.24, 2.45) is 0 Å². The Hall–Kier alpha value is -2.00. The van der Waals surface area contributed by atoms with Crippen molar-refractivity contribution in [2.45, 2.75) is 26.5 Å². The Labute approximate surface area is 126 Å². The summed E-state index contributed by atoms with van der Waals surface area (Å²) in [6, 6.07) is 16.4. The molecule has 112 valence electrons. The van der Waals surface area contributed by atoms with Crippen LogP contribution in [0, 0.1) is 0 Å². The van der Waals surface area contributed by atoms with E-state index in [-0.39, 0.29) is 6.04 Å². The fourth-order valence-corrected chi connectivity index (χ4v) is 2.28. The summed E-state index contributed by atoms with van der Waals surface area (Å²) in [5, 5.41) is 3.42. The van der Waals surface area contributed by atoms with Gasteiger partial charge >= 0.3 is 0 Å². The van der Waals surface area contributed by atoms with Gasteiger partial charge in [0.15, 0.2) is 0 Å². The Morgan fingerprint density at radius 3 is 2.52 bits per heavy atom. The molecule has 1 unspecified atom stereocenters. The average Bonchev–Trinajstić information content (AvgIpc) is 2.53. The van der Waals surface area contributed by atoms with Crippen LogP contribution in [0.3, 0.4) is 0 Å². The number of hydrogen-bond donors (Lipinski definition) is 1. The summed E-state index contributed by atoms with van der Waals surface area (Å²) in [7, 11) is 1.67. The van der Waals surface area contributed by atoms with Crippen molar-refractivity contribution in [3.8, 4) is 11.5 Å². The van der Waals surface area contributed by atoms with Gasteiger partial charge in [-0.1, -0.05) is 43.3 Å². The lowest BCUT2D eigenvalue weighted by molar-refractivity contribution is 0.297. The van der Waals surface area contributed by atoms with Crippen molar-refractivity contribution >= 4 is 0 Å². The first-order valence-corrected chi connectivity index (χ1v) is 7.32. The topological polar surface area (TPSA) is 30.5 Å². The van der Waals surface area contributed by atoms with Crippen molar-refractivity contribution in [1.29, 1.82) is 0 Å². The van der Waals surface area contributed by atoms with Gasteiger partial charge in [0.1, 0.15) is 18.1 Å². The number of hydrogen-bond acceptors (Lipinski definition) is 3. The van der Waals surface area contributed by atoms with E-state index in [9.17, 15) is 0 Å². The Kier molecular flexibility index (Phi) is 5.64. The number of methoxy groups -OCH3 is 1. The summed E-state index contributed by atoms with van der Waals surface area (Å²) in [6.45, 7) is 5.72. The number of rotatable bonds is 7. The maximum Gasteiger partial charge on any atom is 0.128 e. The number of ether oxygens (including phenoxy) is 2. The molecule has 1 N–H and O–H groups in total. The van der Waals surface area contributed by atoms with E-state index < -0.39 is 0 Å². The maximum atomic E-state index is 6.01. The largest absolute Gasteiger partial charge is 0.497 e. The van der Waals surface area contributed by atoms with Gasteiger partial charge in [0.05, 0.1) is 7.11 Å². The van der Waals surface area contributed by atoms with Crippen LogP contribution in [0.4, 0.5) is 0 Å². The average molecular weight is 285 g/mol. The summed E-state index contributed by atoms with van der Waals surface area (Å²) in [4.78, 5) is 0. The Morgan fingerprint density at radius 2 is 1.86 bits per heavy atom. The van der Waals surface area contributed by atoms with E-state index in [0.717, 1.165) is 29.2 Å². The normalized spacial score (nSPS) is 12.0. The molecule has 0 spiro atoms. The van der Waals surface area contributed by atoms with Gasteiger partial charge in [-0.2, -0.15) is 0 Å². The van der Waals surface area contributed by atoms with Crippen LogP contribution in [-0.2, 0) is 6.61 Å². The van der Waals surface area contributed by atoms with Gasteiger partial charge in [0.2, 0.25) is 0 Å². The van der Waals surface area contributed by atoms with Crippen LogP contribution in [0.25, 0.3) is 0 Å². The number of benzene rings is 2. The monoisotopic (exact) mass is 285 g/mol. The first kappa shape index (κ1) is 15.4. The highest BCUT2D eigenvalue weighted by atomic mass is 16.5. The summed E-state index contributed by atoms with van der Waals surface area (Å²) >= 11 is 0. The minimum atomic E-state index is 0.242. The van der Waals surface area contributed by atoms with E-state index >= 15 is 0 Å². The van der Waals surface area contributed by atoms with Crippen LogP contribution in [0.15, 0.2) is 48.5 Å². The van der Waals surface area contributed by atoms with Crippen LogP contribution >= 0.6 is 0 Å². The molecule has 21 heavy (non-hydrogen) atoms. The summed E-state index contributed by atoms with van der Waals surface area (Å²) < 4.78 is 11.3. The first-order valence-electron chi connectivity index (χ1n) is 7.32. The van der Waals surface area contributed by atoms with E-state index in [0.29, 0.717) is 6.61 Å². The molecular weight excluding hydrogens is 262 g/mol. The summed E-state index contributed by atoms with van der Waals surface area (Å²) in [5.41, 5.74) is 2.30. The third-order valence-electron chi connectivity index (χ3n) is 3.43. The van der Waals surface area contributed by atoms with E-state index in [1.165, 1.54) is 0 Å². The Bertz CT molecular complexity index is 554. The summed E-state index contributed by atoms with van der Waals surface area (Å²) in [5.74, 6) is 1.68. The molecule has 0 fully saturated rings. The third-order valence-corrected chi connectivity index (χ3v) is 3.43. The zero-order valence-electron chi connectivity index (χ0n) is 12.9. The van der Waals surface area contributed by atoms with E-state index in [2.05, 4.69) is 37.4 Å². The second-order valence-electron chi connectivity index (χ2n) is 4.96. The van der Waals surface area contributed by atoms with E-state index in [4.69, 9.17) is 9.47 Å².